The first-order chi connectivity index (χ1) is 20.8. The van der Waals surface area contributed by atoms with Crippen molar-refractivity contribution in [3.8, 4) is 17.2 Å². The molecule has 4 rings (SSSR count). The number of hydrogen-bond acceptors (Lipinski definition) is 9. The number of nitrogens with zero attached hydrogens (tertiary/aromatic N) is 1. The van der Waals surface area contributed by atoms with Gasteiger partial charge in [0.15, 0.2) is 16.6 Å². The molecule has 4 aromatic rings. The standard InChI is InChI=1S/C31H30N4O6S2/c1-19(28(36)35-31-32-14-15-42-31)43-23-12-10-22(11-13-23)33-30(38)24(34-29(37)21-8-6-5-7-9-21)16-20-17-25(39-2)27(41-4)26(18-20)40-3/h5-19H,1-4H3,(H,33,38)(H,34,37)(H,32,35,36)/b24-16-. The first kappa shape index (κ1) is 31.1. The third-order valence-electron chi connectivity index (χ3n) is 5.98. The fourth-order valence-electron chi connectivity index (χ4n) is 3.86. The van der Waals surface area contributed by atoms with Gasteiger partial charge >= 0.3 is 0 Å². The molecule has 3 amide bonds. The summed E-state index contributed by atoms with van der Waals surface area (Å²) in [7, 11) is 4.48. The largest absolute Gasteiger partial charge is 0.493 e. The Hall–Kier alpha value is -4.81. The molecule has 43 heavy (non-hydrogen) atoms. The van der Waals surface area contributed by atoms with E-state index in [1.165, 1.54) is 50.5 Å². The average molecular weight is 619 g/mol. The zero-order valence-electron chi connectivity index (χ0n) is 23.9. The van der Waals surface area contributed by atoms with E-state index in [1.54, 1.807) is 85.2 Å². The highest BCUT2D eigenvalue weighted by Gasteiger charge is 2.19. The van der Waals surface area contributed by atoms with Crippen molar-refractivity contribution in [3.63, 3.8) is 0 Å². The van der Waals surface area contributed by atoms with Crippen LogP contribution < -0.4 is 30.2 Å². The average Bonchev–Trinajstić information content (AvgIpc) is 3.54. The Labute approximate surface area is 257 Å². The topological polar surface area (TPSA) is 128 Å². The monoisotopic (exact) mass is 618 g/mol. The second-order valence-corrected chi connectivity index (χ2v) is 11.2. The fraction of sp³-hybridized carbons (Fsp3) is 0.161. The van der Waals surface area contributed by atoms with Gasteiger partial charge in [0.25, 0.3) is 11.8 Å². The van der Waals surface area contributed by atoms with Gasteiger partial charge in [0.05, 0.1) is 26.6 Å². The number of carbonyl (C=O) groups is 3. The first-order valence-corrected chi connectivity index (χ1v) is 14.7. The van der Waals surface area contributed by atoms with Crippen LogP contribution in [-0.4, -0.2) is 49.3 Å². The smallest absolute Gasteiger partial charge is 0.272 e. The van der Waals surface area contributed by atoms with E-state index in [2.05, 4.69) is 20.9 Å². The molecule has 3 aromatic carbocycles. The molecule has 0 radical (unpaired) electrons. The molecular formula is C31H30N4O6S2. The van der Waals surface area contributed by atoms with Crippen LogP contribution in [0.2, 0.25) is 0 Å². The lowest BCUT2D eigenvalue weighted by Gasteiger charge is -2.15. The van der Waals surface area contributed by atoms with Gasteiger partial charge in [-0.2, -0.15) is 0 Å². The Bertz CT molecular complexity index is 1570. The van der Waals surface area contributed by atoms with Crippen molar-refractivity contribution in [2.45, 2.75) is 17.1 Å². The van der Waals surface area contributed by atoms with Crippen LogP contribution in [0, 0.1) is 0 Å². The zero-order valence-corrected chi connectivity index (χ0v) is 25.5. The van der Waals surface area contributed by atoms with E-state index in [0.717, 1.165) is 4.90 Å². The molecule has 0 aliphatic rings. The molecular weight excluding hydrogens is 588 g/mol. The lowest BCUT2D eigenvalue weighted by atomic mass is 10.1. The number of anilines is 2. The van der Waals surface area contributed by atoms with Crippen molar-refractivity contribution in [1.29, 1.82) is 0 Å². The van der Waals surface area contributed by atoms with Gasteiger partial charge in [-0.25, -0.2) is 4.98 Å². The summed E-state index contributed by atoms with van der Waals surface area (Å²) in [5, 5.41) is 10.3. The summed E-state index contributed by atoms with van der Waals surface area (Å²) in [6, 6.07) is 19.0. The highest BCUT2D eigenvalue weighted by molar-refractivity contribution is 8.00. The molecule has 1 aromatic heterocycles. The summed E-state index contributed by atoms with van der Waals surface area (Å²) < 4.78 is 16.3. The molecule has 0 aliphatic carbocycles. The first-order valence-electron chi connectivity index (χ1n) is 13.0. The Morgan fingerprint density at radius 3 is 2.16 bits per heavy atom. The van der Waals surface area contributed by atoms with E-state index in [9.17, 15) is 14.4 Å². The SMILES string of the molecule is COc1cc(/C=C(\NC(=O)c2ccccc2)C(=O)Nc2ccc(SC(C)C(=O)Nc3nccs3)cc2)cc(OC)c1OC. The summed E-state index contributed by atoms with van der Waals surface area (Å²) in [6.45, 7) is 1.80. The molecule has 0 saturated carbocycles. The van der Waals surface area contributed by atoms with E-state index in [-0.39, 0.29) is 16.9 Å². The molecule has 0 spiro atoms. The Morgan fingerprint density at radius 2 is 1.58 bits per heavy atom. The van der Waals surface area contributed by atoms with Gasteiger partial charge in [-0.3, -0.25) is 14.4 Å². The maximum absolute atomic E-state index is 13.5. The number of rotatable bonds is 12. The van der Waals surface area contributed by atoms with E-state index < -0.39 is 11.8 Å². The van der Waals surface area contributed by atoms with E-state index in [4.69, 9.17) is 14.2 Å². The normalized spacial score (nSPS) is 11.7. The maximum Gasteiger partial charge on any atom is 0.272 e. The van der Waals surface area contributed by atoms with E-state index >= 15 is 0 Å². The van der Waals surface area contributed by atoms with Gasteiger partial charge in [0, 0.05) is 27.7 Å². The van der Waals surface area contributed by atoms with Gasteiger partial charge < -0.3 is 30.2 Å². The van der Waals surface area contributed by atoms with Gasteiger partial charge in [0.1, 0.15) is 5.70 Å². The number of aromatic nitrogens is 1. The van der Waals surface area contributed by atoms with Crippen molar-refractivity contribution in [1.82, 2.24) is 10.3 Å². The van der Waals surface area contributed by atoms with Gasteiger partial charge in [0.2, 0.25) is 11.7 Å². The fourth-order valence-corrected chi connectivity index (χ4v) is 5.26. The van der Waals surface area contributed by atoms with Gasteiger partial charge in [-0.05, 0) is 67.1 Å². The summed E-state index contributed by atoms with van der Waals surface area (Å²) in [5.74, 6) is 0.0260. The number of amides is 3. The van der Waals surface area contributed by atoms with Crippen LogP contribution in [0.25, 0.3) is 6.08 Å². The van der Waals surface area contributed by atoms with Crippen LogP contribution >= 0.6 is 23.1 Å². The number of thioether (sulfide) groups is 1. The minimum Gasteiger partial charge on any atom is -0.493 e. The lowest BCUT2D eigenvalue weighted by molar-refractivity contribution is -0.115. The number of methoxy groups -OCH3 is 3. The summed E-state index contributed by atoms with van der Waals surface area (Å²) in [4.78, 5) is 43.9. The molecule has 1 atom stereocenters. The molecule has 0 bridgehead atoms. The van der Waals surface area contributed by atoms with Crippen LogP contribution in [0.1, 0.15) is 22.8 Å². The number of hydrogen-bond donors (Lipinski definition) is 3. The molecule has 1 heterocycles. The number of nitrogens with one attached hydrogen (secondary N) is 3. The van der Waals surface area contributed by atoms with Crippen molar-refractivity contribution in [2.24, 2.45) is 0 Å². The van der Waals surface area contributed by atoms with Crippen LogP contribution in [0.4, 0.5) is 10.8 Å². The maximum atomic E-state index is 13.5. The zero-order chi connectivity index (χ0) is 30.8. The molecule has 0 aliphatic heterocycles. The van der Waals surface area contributed by atoms with Crippen molar-refractivity contribution >= 4 is 57.7 Å². The predicted octanol–water partition coefficient (Wildman–Crippen LogP) is 5.70. The summed E-state index contributed by atoms with van der Waals surface area (Å²) in [6.07, 6.45) is 3.15. The van der Waals surface area contributed by atoms with Crippen LogP contribution in [0.5, 0.6) is 17.2 Å². The second-order valence-electron chi connectivity index (χ2n) is 8.90. The second kappa shape index (κ2) is 14.9. The summed E-state index contributed by atoms with van der Waals surface area (Å²) in [5.41, 5.74) is 1.42. The van der Waals surface area contributed by atoms with Crippen LogP contribution in [0.3, 0.4) is 0 Å². The van der Waals surface area contributed by atoms with Crippen molar-refractivity contribution in [2.75, 3.05) is 32.0 Å². The Balaban J connectivity index is 1.53. The number of benzene rings is 3. The van der Waals surface area contributed by atoms with Crippen LogP contribution in [0.15, 0.2) is 88.9 Å². The highest BCUT2D eigenvalue weighted by Crippen LogP contribution is 2.38. The third kappa shape index (κ3) is 8.37. The molecule has 222 valence electrons. The predicted molar refractivity (Wildman–Crippen MR) is 169 cm³/mol. The quantitative estimate of drug-likeness (QED) is 0.136. The Morgan fingerprint density at radius 1 is 0.907 bits per heavy atom. The van der Waals surface area contributed by atoms with Crippen molar-refractivity contribution < 1.29 is 28.6 Å². The highest BCUT2D eigenvalue weighted by atomic mass is 32.2. The van der Waals surface area contributed by atoms with E-state index in [1.807, 2.05) is 0 Å². The number of carbonyl (C=O) groups excluding carboxylic acids is 3. The molecule has 12 heteroatoms. The third-order valence-corrected chi connectivity index (χ3v) is 7.78. The number of thiazole rings is 1. The lowest BCUT2D eigenvalue weighted by Crippen LogP contribution is -2.30. The van der Waals surface area contributed by atoms with Gasteiger partial charge in [-0.15, -0.1) is 23.1 Å². The molecule has 0 fully saturated rings. The minimum absolute atomic E-state index is 0.00550. The minimum atomic E-state index is -0.547. The van der Waals surface area contributed by atoms with Gasteiger partial charge in [-0.1, -0.05) is 18.2 Å². The summed E-state index contributed by atoms with van der Waals surface area (Å²) >= 11 is 2.73. The molecule has 0 saturated heterocycles. The van der Waals surface area contributed by atoms with E-state index in [0.29, 0.717) is 39.2 Å². The van der Waals surface area contributed by atoms with Crippen molar-refractivity contribution in [3.05, 3.63) is 95.1 Å². The van der Waals surface area contributed by atoms with Crippen LogP contribution in [-0.2, 0) is 9.59 Å². The molecule has 1 unspecified atom stereocenters. The number of ether oxygens (including phenoxy) is 3. The molecule has 3 N–H and O–H groups in total. The molecule has 10 nitrogen and oxygen atoms in total. The Kier molecular flexibility index (Phi) is 10.8.